The van der Waals surface area contributed by atoms with E-state index in [0.717, 1.165) is 12.8 Å². The van der Waals surface area contributed by atoms with Crippen molar-refractivity contribution in [1.29, 1.82) is 0 Å². The molecule has 178 valence electrons. The van der Waals surface area contributed by atoms with Crippen molar-refractivity contribution in [3.05, 3.63) is 57.1 Å². The molecule has 1 unspecified atom stereocenters. The minimum atomic E-state index is -3.83. The molecule has 3 heterocycles. The number of benzene rings is 1. The third kappa shape index (κ3) is 3.49. The predicted octanol–water partition coefficient (Wildman–Crippen LogP) is 4.32. The van der Waals surface area contributed by atoms with Crippen molar-refractivity contribution in [1.82, 2.24) is 14.3 Å². The van der Waals surface area contributed by atoms with E-state index in [2.05, 4.69) is 5.10 Å². The maximum atomic E-state index is 13.6. The van der Waals surface area contributed by atoms with Crippen LogP contribution in [0.5, 0.6) is 0 Å². The second-order valence-electron chi connectivity index (χ2n) is 9.14. The van der Waals surface area contributed by atoms with Crippen LogP contribution in [-0.2, 0) is 21.6 Å². The second kappa shape index (κ2) is 7.81. The Labute approximate surface area is 202 Å². The van der Waals surface area contributed by atoms with Crippen LogP contribution < -0.4 is 5.56 Å². The number of carbonyl (C=O) groups excluding carboxylic acids is 1. The monoisotopic (exact) mass is 501 g/mol. The third-order valence-electron chi connectivity index (χ3n) is 6.29. The summed E-state index contributed by atoms with van der Waals surface area (Å²) in [6.07, 6.45) is 4.50. The Morgan fingerprint density at radius 2 is 1.91 bits per heavy atom. The number of sulfone groups is 1. The lowest BCUT2D eigenvalue weighted by molar-refractivity contribution is 0.0375. The third-order valence-corrected chi connectivity index (χ3v) is 8.74. The molecule has 1 aliphatic carbocycles. The molecule has 8 nitrogen and oxygen atoms in total. The summed E-state index contributed by atoms with van der Waals surface area (Å²) in [5.41, 5.74) is 1.89. The number of rotatable bonds is 4. The first-order valence-corrected chi connectivity index (χ1v) is 13.0. The average molecular weight is 502 g/mol. The number of hydrogen-bond acceptors (Lipinski definition) is 6. The first kappa shape index (κ1) is 22.9. The highest BCUT2D eigenvalue weighted by Gasteiger charge is 2.41. The van der Waals surface area contributed by atoms with Gasteiger partial charge in [-0.3, -0.25) is 9.48 Å². The number of fused-ring (bicyclic) bond motifs is 3. The standard InChI is InChI=1S/C24H24ClN3O5S/c1-12(2)33-24(30)19-7-16-13(3)34(31,32)21-9-17(14-10-26-27(4)11-14)20(25)8-18(21)22(16)28(23(19)29)15-5-6-15/h7-13,15H,5-6H2,1-4H3. The first-order valence-electron chi connectivity index (χ1n) is 11.1. The molecule has 0 saturated heterocycles. The molecule has 0 amide bonds. The van der Waals surface area contributed by atoms with E-state index in [1.807, 2.05) is 0 Å². The van der Waals surface area contributed by atoms with Crippen LogP contribution in [-0.4, -0.2) is 34.8 Å². The average Bonchev–Trinajstić information content (AvgIpc) is 3.50. The van der Waals surface area contributed by atoms with Gasteiger partial charge in [0, 0.05) is 41.0 Å². The van der Waals surface area contributed by atoms with E-state index >= 15 is 0 Å². The molecule has 5 rings (SSSR count). The quantitative estimate of drug-likeness (QED) is 0.493. The Bertz CT molecular complexity index is 1520. The summed E-state index contributed by atoms with van der Waals surface area (Å²) >= 11 is 6.63. The molecule has 1 aromatic carbocycles. The van der Waals surface area contributed by atoms with Gasteiger partial charge < -0.3 is 9.30 Å². The summed E-state index contributed by atoms with van der Waals surface area (Å²) < 4.78 is 35.7. The van der Waals surface area contributed by atoms with Gasteiger partial charge in [0.05, 0.1) is 28.1 Å². The van der Waals surface area contributed by atoms with E-state index in [-0.39, 0.29) is 16.5 Å². The molecule has 0 N–H and O–H groups in total. The summed E-state index contributed by atoms with van der Waals surface area (Å²) in [5, 5.41) is 3.54. The maximum absolute atomic E-state index is 13.6. The van der Waals surface area contributed by atoms with E-state index in [9.17, 15) is 18.0 Å². The Balaban J connectivity index is 1.82. The smallest absolute Gasteiger partial charge is 0.344 e. The van der Waals surface area contributed by atoms with Gasteiger partial charge in [0.25, 0.3) is 5.56 Å². The Kier molecular flexibility index (Phi) is 5.25. The van der Waals surface area contributed by atoms with Gasteiger partial charge in [-0.15, -0.1) is 0 Å². The molecule has 2 aliphatic rings. The largest absolute Gasteiger partial charge is 0.459 e. The van der Waals surface area contributed by atoms with Crippen LogP contribution in [0.1, 0.15) is 60.8 Å². The topological polar surface area (TPSA) is 100 Å². The predicted molar refractivity (Wildman–Crippen MR) is 128 cm³/mol. The van der Waals surface area contributed by atoms with E-state index in [0.29, 0.717) is 33.0 Å². The van der Waals surface area contributed by atoms with E-state index < -0.39 is 32.7 Å². The molecule has 2 aromatic heterocycles. The first-order chi connectivity index (χ1) is 16.0. The molecule has 34 heavy (non-hydrogen) atoms. The van der Waals surface area contributed by atoms with Crippen LogP contribution >= 0.6 is 11.6 Å². The molecule has 1 aliphatic heterocycles. The van der Waals surface area contributed by atoms with Crippen LogP contribution in [0, 0.1) is 0 Å². The zero-order chi connectivity index (χ0) is 24.5. The van der Waals surface area contributed by atoms with E-state index in [4.69, 9.17) is 16.3 Å². The van der Waals surface area contributed by atoms with Crippen molar-refractivity contribution in [3.8, 4) is 22.4 Å². The number of carbonyl (C=O) groups is 1. The molecule has 10 heteroatoms. The number of esters is 1. The van der Waals surface area contributed by atoms with Gasteiger partial charge in [-0.2, -0.15) is 5.10 Å². The van der Waals surface area contributed by atoms with Crippen molar-refractivity contribution in [2.75, 3.05) is 0 Å². The normalized spacial score (nSPS) is 18.5. The van der Waals surface area contributed by atoms with Crippen molar-refractivity contribution < 1.29 is 17.9 Å². The van der Waals surface area contributed by atoms with Gasteiger partial charge in [0.15, 0.2) is 9.84 Å². The molecule has 3 aromatic rings. The summed E-state index contributed by atoms with van der Waals surface area (Å²) in [6.45, 7) is 4.97. The lowest BCUT2D eigenvalue weighted by atomic mass is 9.97. The van der Waals surface area contributed by atoms with Gasteiger partial charge in [0.2, 0.25) is 0 Å². The van der Waals surface area contributed by atoms with Gasteiger partial charge >= 0.3 is 5.97 Å². The number of hydrogen-bond donors (Lipinski definition) is 0. The molecule has 1 saturated carbocycles. The fourth-order valence-electron chi connectivity index (χ4n) is 4.47. The van der Waals surface area contributed by atoms with Crippen LogP contribution in [0.15, 0.2) is 40.3 Å². The number of aryl methyl sites for hydroxylation is 1. The lowest BCUT2D eigenvalue weighted by Gasteiger charge is -2.29. The van der Waals surface area contributed by atoms with Crippen molar-refractivity contribution in [2.45, 2.75) is 55.9 Å². The summed E-state index contributed by atoms with van der Waals surface area (Å²) in [7, 11) is -2.06. The molecule has 1 fully saturated rings. The fourth-order valence-corrected chi connectivity index (χ4v) is 6.38. The molecule has 0 spiro atoms. The zero-order valence-corrected chi connectivity index (χ0v) is 20.8. The number of halogens is 1. The highest BCUT2D eigenvalue weighted by Crippen LogP contribution is 2.49. The highest BCUT2D eigenvalue weighted by molar-refractivity contribution is 7.92. The Hall–Kier alpha value is -2.91. The molecular weight excluding hydrogens is 478 g/mol. The number of pyridine rings is 1. The van der Waals surface area contributed by atoms with Crippen molar-refractivity contribution in [2.24, 2.45) is 7.05 Å². The minimum Gasteiger partial charge on any atom is -0.459 e. The Morgan fingerprint density at radius 1 is 1.21 bits per heavy atom. The number of aromatic nitrogens is 3. The molecule has 1 atom stereocenters. The second-order valence-corrected chi connectivity index (χ2v) is 11.8. The molecule has 0 radical (unpaired) electrons. The van der Waals surface area contributed by atoms with Crippen LogP contribution in [0.25, 0.3) is 22.4 Å². The maximum Gasteiger partial charge on any atom is 0.344 e. The number of ether oxygens (including phenoxy) is 1. The molecule has 0 bridgehead atoms. The van der Waals surface area contributed by atoms with E-state index in [1.54, 1.807) is 61.6 Å². The summed E-state index contributed by atoms with van der Waals surface area (Å²) in [4.78, 5) is 26.3. The van der Waals surface area contributed by atoms with Crippen LogP contribution in [0.3, 0.4) is 0 Å². The van der Waals surface area contributed by atoms with Gasteiger partial charge in [-0.1, -0.05) is 11.6 Å². The van der Waals surface area contributed by atoms with E-state index in [1.165, 1.54) is 6.07 Å². The van der Waals surface area contributed by atoms with Gasteiger partial charge in [-0.05, 0) is 57.4 Å². The summed E-state index contributed by atoms with van der Waals surface area (Å²) in [5.74, 6) is -0.752. The highest BCUT2D eigenvalue weighted by atomic mass is 35.5. The van der Waals surface area contributed by atoms with Crippen molar-refractivity contribution >= 4 is 27.4 Å². The zero-order valence-electron chi connectivity index (χ0n) is 19.2. The lowest BCUT2D eigenvalue weighted by Crippen LogP contribution is -2.33. The van der Waals surface area contributed by atoms with Crippen molar-refractivity contribution in [3.63, 3.8) is 0 Å². The number of nitrogens with zero attached hydrogens (tertiary/aromatic N) is 3. The molecular formula is C24H24ClN3O5S. The van der Waals surface area contributed by atoms with Gasteiger partial charge in [-0.25, -0.2) is 13.2 Å². The summed E-state index contributed by atoms with van der Waals surface area (Å²) in [6, 6.07) is 4.44. The van der Waals surface area contributed by atoms with Crippen LogP contribution in [0.2, 0.25) is 5.02 Å². The van der Waals surface area contributed by atoms with Gasteiger partial charge in [0.1, 0.15) is 5.56 Å². The fraction of sp³-hybridized carbons (Fsp3) is 0.375. The van der Waals surface area contributed by atoms with Crippen LogP contribution in [0.4, 0.5) is 0 Å². The Morgan fingerprint density at radius 3 is 2.50 bits per heavy atom. The minimum absolute atomic E-state index is 0.106. The SMILES string of the molecule is CC(C)OC(=O)c1cc2c(n(C3CC3)c1=O)-c1cc(Cl)c(-c3cnn(C)c3)cc1S(=O)(=O)C2C.